The molecule has 110 valence electrons. The summed E-state index contributed by atoms with van der Waals surface area (Å²) in [6, 6.07) is 9.88. The topological polar surface area (TPSA) is 48.2 Å². The summed E-state index contributed by atoms with van der Waals surface area (Å²) < 4.78 is 11.4. The van der Waals surface area contributed by atoms with E-state index in [9.17, 15) is 0 Å². The van der Waals surface area contributed by atoms with Gasteiger partial charge in [-0.1, -0.05) is 0 Å². The fraction of sp³-hybridized carbons (Fsp3) is 0.222. The quantitative estimate of drug-likeness (QED) is 0.715. The third-order valence-electron chi connectivity index (χ3n) is 4.29. The third-order valence-corrected chi connectivity index (χ3v) is 4.29. The number of nitrogens with zero attached hydrogens (tertiary/aromatic N) is 2. The van der Waals surface area contributed by atoms with E-state index in [1.54, 1.807) is 19.5 Å². The molecule has 3 aromatic rings. The van der Waals surface area contributed by atoms with Crippen molar-refractivity contribution in [2.75, 3.05) is 7.11 Å². The van der Waals surface area contributed by atoms with Crippen LogP contribution in [0, 0.1) is 0 Å². The van der Waals surface area contributed by atoms with Gasteiger partial charge in [-0.2, -0.15) is 0 Å². The lowest BCUT2D eigenvalue weighted by Crippen LogP contribution is -2.16. The van der Waals surface area contributed by atoms with E-state index in [-0.39, 0.29) is 5.41 Å². The van der Waals surface area contributed by atoms with Crippen molar-refractivity contribution < 1.29 is 9.15 Å². The van der Waals surface area contributed by atoms with Gasteiger partial charge in [-0.15, -0.1) is 0 Å². The van der Waals surface area contributed by atoms with Gasteiger partial charge >= 0.3 is 0 Å². The Morgan fingerprint density at radius 2 is 1.86 bits per heavy atom. The maximum atomic E-state index is 6.07. The van der Waals surface area contributed by atoms with Crippen molar-refractivity contribution in [1.29, 1.82) is 0 Å². The number of rotatable bonds is 2. The molecule has 0 atom stereocenters. The minimum absolute atomic E-state index is 0.200. The highest BCUT2D eigenvalue weighted by Crippen LogP contribution is 2.50. The average molecular weight is 292 g/mol. The third kappa shape index (κ3) is 1.70. The molecule has 22 heavy (non-hydrogen) atoms. The molecule has 1 aliphatic carbocycles. The Balaban J connectivity index is 1.91. The van der Waals surface area contributed by atoms with Gasteiger partial charge in [0.2, 0.25) is 5.89 Å². The van der Waals surface area contributed by atoms with Crippen LogP contribution in [0.1, 0.15) is 25.1 Å². The Kier molecular flexibility index (Phi) is 2.64. The van der Waals surface area contributed by atoms with Gasteiger partial charge in [0.05, 0.1) is 12.8 Å². The van der Waals surface area contributed by atoms with E-state index in [4.69, 9.17) is 14.1 Å². The van der Waals surface area contributed by atoms with Crippen LogP contribution in [0.5, 0.6) is 5.75 Å². The maximum Gasteiger partial charge on any atom is 0.227 e. The fourth-order valence-electron chi connectivity index (χ4n) is 3.04. The van der Waals surface area contributed by atoms with E-state index < -0.39 is 0 Å². The monoisotopic (exact) mass is 292 g/mol. The number of oxazole rings is 1. The van der Waals surface area contributed by atoms with Gasteiger partial charge in [-0.25, -0.2) is 4.98 Å². The number of aromatic nitrogens is 2. The van der Waals surface area contributed by atoms with Crippen LogP contribution < -0.4 is 4.74 Å². The number of benzene rings is 1. The fourth-order valence-corrected chi connectivity index (χ4v) is 3.04. The largest absolute Gasteiger partial charge is 0.497 e. The van der Waals surface area contributed by atoms with Gasteiger partial charge in [0.15, 0.2) is 5.76 Å². The predicted molar refractivity (Wildman–Crippen MR) is 83.9 cm³/mol. The summed E-state index contributed by atoms with van der Waals surface area (Å²) in [5.41, 5.74) is 3.99. The lowest BCUT2D eigenvalue weighted by molar-refractivity contribution is 0.413. The summed E-state index contributed by atoms with van der Waals surface area (Å²) in [6.45, 7) is 4.33. The number of fused-ring (bicyclic) bond motifs is 3. The number of pyridine rings is 1. The number of hydrogen-bond acceptors (Lipinski definition) is 4. The molecule has 1 aliphatic rings. The molecule has 0 radical (unpaired) electrons. The van der Waals surface area contributed by atoms with Crippen molar-refractivity contribution in [2.45, 2.75) is 19.3 Å². The second-order valence-electron chi connectivity index (χ2n) is 5.97. The van der Waals surface area contributed by atoms with Crippen LogP contribution >= 0.6 is 0 Å². The summed E-state index contributed by atoms with van der Waals surface area (Å²) in [5, 5.41) is 0. The molecule has 0 amide bonds. The van der Waals surface area contributed by atoms with Gasteiger partial charge < -0.3 is 9.15 Å². The molecule has 4 rings (SSSR count). The van der Waals surface area contributed by atoms with Gasteiger partial charge in [-0.05, 0) is 49.7 Å². The highest BCUT2D eigenvalue weighted by molar-refractivity contribution is 5.77. The summed E-state index contributed by atoms with van der Waals surface area (Å²) in [5.74, 6) is 2.35. The molecule has 0 spiro atoms. The standard InChI is InChI=1S/C18H16N2O2/c1-18(2)14-10-12(21-3)4-5-13(14)15-16(18)20-17(22-15)11-6-8-19-9-7-11/h4-10H,1-3H3. The number of hydrogen-bond donors (Lipinski definition) is 0. The van der Waals surface area contributed by atoms with Crippen LogP contribution in [0.3, 0.4) is 0 Å². The highest BCUT2D eigenvalue weighted by Gasteiger charge is 2.41. The highest BCUT2D eigenvalue weighted by atomic mass is 16.5. The average Bonchev–Trinajstić information content (AvgIpc) is 3.08. The minimum atomic E-state index is -0.200. The first-order valence-electron chi connectivity index (χ1n) is 7.22. The van der Waals surface area contributed by atoms with E-state index in [1.807, 2.05) is 24.3 Å². The van der Waals surface area contributed by atoms with Crippen molar-refractivity contribution in [3.05, 3.63) is 54.0 Å². The number of ether oxygens (including phenoxy) is 1. The van der Waals surface area contributed by atoms with E-state index >= 15 is 0 Å². The summed E-state index contributed by atoms with van der Waals surface area (Å²) in [7, 11) is 1.68. The van der Waals surface area contributed by atoms with Crippen molar-refractivity contribution in [2.24, 2.45) is 0 Å². The Labute approximate surface area is 128 Å². The first-order valence-corrected chi connectivity index (χ1v) is 7.22. The molecule has 1 aromatic carbocycles. The molecule has 0 unspecified atom stereocenters. The molecular formula is C18H16N2O2. The normalized spacial score (nSPS) is 14.5. The molecule has 2 aromatic heterocycles. The van der Waals surface area contributed by atoms with Crippen LogP contribution in [0.4, 0.5) is 0 Å². The van der Waals surface area contributed by atoms with Crippen LogP contribution in [0.2, 0.25) is 0 Å². The van der Waals surface area contributed by atoms with E-state index in [2.05, 4.69) is 24.9 Å². The molecule has 0 saturated heterocycles. The molecule has 4 nitrogen and oxygen atoms in total. The van der Waals surface area contributed by atoms with Crippen molar-refractivity contribution in [1.82, 2.24) is 9.97 Å². The summed E-state index contributed by atoms with van der Waals surface area (Å²) in [6.07, 6.45) is 3.49. The van der Waals surface area contributed by atoms with Crippen LogP contribution in [0.15, 0.2) is 47.1 Å². The molecule has 2 heterocycles. The lowest BCUT2D eigenvalue weighted by atomic mass is 9.85. The SMILES string of the molecule is COc1ccc2c(c1)C(C)(C)c1nc(-c3ccncc3)oc1-2. The molecule has 0 fully saturated rings. The van der Waals surface area contributed by atoms with Crippen molar-refractivity contribution in [3.63, 3.8) is 0 Å². The second kappa shape index (κ2) is 4.44. The number of methoxy groups -OCH3 is 1. The maximum absolute atomic E-state index is 6.07. The Bertz CT molecular complexity index is 851. The molecule has 0 bridgehead atoms. The van der Waals surface area contributed by atoms with Crippen LogP contribution in [0.25, 0.3) is 22.8 Å². The van der Waals surface area contributed by atoms with E-state index in [0.29, 0.717) is 5.89 Å². The summed E-state index contributed by atoms with van der Waals surface area (Å²) >= 11 is 0. The predicted octanol–water partition coefficient (Wildman–Crippen LogP) is 4.05. The first kappa shape index (κ1) is 13.1. The van der Waals surface area contributed by atoms with Crippen LogP contribution in [-0.2, 0) is 5.41 Å². The zero-order chi connectivity index (χ0) is 15.3. The Morgan fingerprint density at radius 1 is 1.09 bits per heavy atom. The van der Waals surface area contributed by atoms with Gasteiger partial charge in [0.25, 0.3) is 0 Å². The van der Waals surface area contributed by atoms with E-state index in [0.717, 1.165) is 28.3 Å². The first-order chi connectivity index (χ1) is 10.6. The lowest BCUT2D eigenvalue weighted by Gasteiger charge is -2.19. The minimum Gasteiger partial charge on any atom is -0.497 e. The van der Waals surface area contributed by atoms with Gasteiger partial charge in [-0.3, -0.25) is 4.98 Å². The molecular weight excluding hydrogens is 276 g/mol. The zero-order valence-electron chi connectivity index (χ0n) is 12.8. The Morgan fingerprint density at radius 3 is 2.59 bits per heavy atom. The molecule has 0 N–H and O–H groups in total. The molecule has 4 heteroatoms. The van der Waals surface area contributed by atoms with E-state index in [1.165, 1.54) is 5.56 Å². The Hall–Kier alpha value is -2.62. The van der Waals surface area contributed by atoms with Gasteiger partial charge in [0, 0.05) is 28.9 Å². The zero-order valence-corrected chi connectivity index (χ0v) is 12.8. The molecule has 0 saturated carbocycles. The molecule has 0 aliphatic heterocycles. The van der Waals surface area contributed by atoms with Crippen LogP contribution in [-0.4, -0.2) is 17.1 Å². The van der Waals surface area contributed by atoms with Crippen molar-refractivity contribution >= 4 is 0 Å². The second-order valence-corrected chi connectivity index (χ2v) is 5.97. The van der Waals surface area contributed by atoms with Crippen molar-refractivity contribution in [3.8, 4) is 28.5 Å². The smallest absolute Gasteiger partial charge is 0.227 e. The summed E-state index contributed by atoms with van der Waals surface area (Å²) in [4.78, 5) is 8.78. The van der Waals surface area contributed by atoms with Gasteiger partial charge in [0.1, 0.15) is 5.75 Å².